The summed E-state index contributed by atoms with van der Waals surface area (Å²) >= 11 is 6.24. The van der Waals surface area contributed by atoms with E-state index in [-0.39, 0.29) is 30.1 Å². The third-order valence-electron chi connectivity index (χ3n) is 4.68. The number of hydrogen-bond acceptors (Lipinski definition) is 4. The lowest BCUT2D eigenvalue weighted by molar-refractivity contribution is -0.146. The average molecular weight is 393 g/mol. The first-order valence-electron chi connectivity index (χ1n) is 9.48. The number of benzene rings is 1. The van der Waals surface area contributed by atoms with Crippen molar-refractivity contribution in [3.8, 4) is 0 Å². The topological polar surface area (TPSA) is 70.5 Å². The summed E-state index contributed by atoms with van der Waals surface area (Å²) in [6.45, 7) is 7.19. The number of rotatable bonds is 6. The number of ether oxygens (including phenoxy) is 1. The van der Waals surface area contributed by atoms with Gasteiger partial charge >= 0.3 is 5.97 Å². The number of halogens is 1. The van der Waals surface area contributed by atoms with Crippen LogP contribution in [-0.2, 0) is 9.53 Å². The Morgan fingerprint density at radius 1 is 1.26 bits per heavy atom. The summed E-state index contributed by atoms with van der Waals surface area (Å²) in [6, 6.07) is 6.82. The van der Waals surface area contributed by atoms with Crippen molar-refractivity contribution < 1.29 is 14.3 Å². The second-order valence-electron chi connectivity index (χ2n) is 8.16. The lowest BCUT2D eigenvalue weighted by Crippen LogP contribution is -2.46. The molecule has 2 rings (SSSR count). The zero-order chi connectivity index (χ0) is 20.2. The summed E-state index contributed by atoms with van der Waals surface area (Å²) in [5.74, 6) is -0.775. The van der Waals surface area contributed by atoms with Crippen molar-refractivity contribution in [1.82, 2.24) is 4.90 Å². The molecule has 1 atom stereocenters. The highest BCUT2D eigenvalue weighted by molar-refractivity contribution is 6.35. The van der Waals surface area contributed by atoms with Gasteiger partial charge in [0.25, 0.3) is 5.91 Å². The normalized spacial score (nSPS) is 16.0. The molecule has 0 radical (unpaired) electrons. The maximum atomic E-state index is 13.2. The van der Waals surface area contributed by atoms with Crippen molar-refractivity contribution in [1.29, 1.82) is 5.41 Å². The van der Waals surface area contributed by atoms with Gasteiger partial charge in [0, 0.05) is 18.5 Å². The van der Waals surface area contributed by atoms with E-state index >= 15 is 0 Å². The molecule has 1 aliphatic rings. The third kappa shape index (κ3) is 5.80. The van der Waals surface area contributed by atoms with Gasteiger partial charge in [-0.15, -0.1) is 0 Å². The van der Waals surface area contributed by atoms with Crippen molar-refractivity contribution in [3.05, 3.63) is 34.9 Å². The van der Waals surface area contributed by atoms with Crippen molar-refractivity contribution in [3.63, 3.8) is 0 Å². The molecule has 0 aromatic heterocycles. The van der Waals surface area contributed by atoms with E-state index in [0.717, 1.165) is 25.7 Å². The molecule has 27 heavy (non-hydrogen) atoms. The highest BCUT2D eigenvalue weighted by Crippen LogP contribution is 2.29. The number of nitrogens with zero attached hydrogens (tertiary/aromatic N) is 1. The molecule has 1 N–H and O–H groups in total. The molecule has 1 aliphatic carbocycles. The molecule has 6 heteroatoms. The van der Waals surface area contributed by atoms with E-state index in [1.165, 1.54) is 0 Å². The van der Waals surface area contributed by atoms with Gasteiger partial charge in [-0.25, -0.2) is 4.79 Å². The number of carbonyl (C=O) groups excluding carboxylic acids is 2. The fourth-order valence-corrected chi connectivity index (χ4v) is 3.72. The van der Waals surface area contributed by atoms with Crippen molar-refractivity contribution in [2.24, 2.45) is 0 Å². The van der Waals surface area contributed by atoms with Gasteiger partial charge in [-0.1, -0.05) is 36.6 Å². The minimum atomic E-state index is -0.648. The first-order chi connectivity index (χ1) is 12.6. The highest BCUT2D eigenvalue weighted by atomic mass is 35.5. The molecule has 0 aliphatic heterocycles. The van der Waals surface area contributed by atoms with Gasteiger partial charge in [0.15, 0.2) is 0 Å². The van der Waals surface area contributed by atoms with Gasteiger partial charge in [-0.2, -0.15) is 0 Å². The smallest absolute Gasteiger partial charge is 0.352 e. The first-order valence-corrected chi connectivity index (χ1v) is 9.86. The van der Waals surface area contributed by atoms with E-state index in [9.17, 15) is 9.59 Å². The molecule has 1 saturated carbocycles. The number of esters is 1. The van der Waals surface area contributed by atoms with Crippen LogP contribution in [0.15, 0.2) is 24.3 Å². The summed E-state index contributed by atoms with van der Waals surface area (Å²) in [4.78, 5) is 27.2. The van der Waals surface area contributed by atoms with Gasteiger partial charge in [0.05, 0.1) is 10.6 Å². The Bertz CT molecular complexity index is 706. The molecule has 5 nitrogen and oxygen atoms in total. The summed E-state index contributed by atoms with van der Waals surface area (Å²) < 4.78 is 5.28. The molecule has 1 unspecified atom stereocenters. The summed E-state index contributed by atoms with van der Waals surface area (Å²) in [5, 5.41) is 8.53. The van der Waals surface area contributed by atoms with Crippen molar-refractivity contribution in [2.45, 2.75) is 77.5 Å². The van der Waals surface area contributed by atoms with Crippen LogP contribution in [0.1, 0.15) is 70.2 Å². The van der Waals surface area contributed by atoms with Crippen LogP contribution in [-0.4, -0.2) is 40.2 Å². The summed E-state index contributed by atoms with van der Waals surface area (Å²) in [6.07, 6.45) is 4.17. The Kier molecular flexibility index (Phi) is 7.04. The zero-order valence-electron chi connectivity index (χ0n) is 16.5. The van der Waals surface area contributed by atoms with Crippen molar-refractivity contribution >= 4 is 29.2 Å². The maximum absolute atomic E-state index is 13.2. The molecule has 1 aromatic carbocycles. The van der Waals surface area contributed by atoms with Crippen molar-refractivity contribution in [2.75, 3.05) is 0 Å². The quantitative estimate of drug-likeness (QED) is 0.554. The minimum Gasteiger partial charge on any atom is -0.456 e. The Hall–Kier alpha value is -1.88. The van der Waals surface area contributed by atoms with Crippen LogP contribution in [0.4, 0.5) is 0 Å². The standard InChI is InChI=1S/C21H29ClN2O3/c1-14(13-18(23)20(26)27-21(2,3)4)24(15-9-5-6-10-15)19(25)16-11-7-8-12-17(16)22/h7-8,11-12,14-15,23H,5-6,9-10,13H2,1-4H3. The summed E-state index contributed by atoms with van der Waals surface area (Å²) in [7, 11) is 0. The van der Waals surface area contributed by atoms with E-state index in [1.54, 1.807) is 45.0 Å². The fourth-order valence-electron chi connectivity index (χ4n) is 3.50. The lowest BCUT2D eigenvalue weighted by Gasteiger charge is -2.35. The summed E-state index contributed by atoms with van der Waals surface area (Å²) in [5.41, 5.74) is -0.306. The molecule has 1 fully saturated rings. The monoisotopic (exact) mass is 392 g/mol. The van der Waals surface area contributed by atoms with Crippen LogP contribution >= 0.6 is 11.6 Å². The molecule has 0 spiro atoms. The van der Waals surface area contributed by atoms with Gasteiger partial charge in [-0.3, -0.25) is 10.2 Å². The predicted molar refractivity (Wildman–Crippen MR) is 108 cm³/mol. The van der Waals surface area contributed by atoms with Crippen LogP contribution in [0.25, 0.3) is 0 Å². The lowest BCUT2D eigenvalue weighted by atomic mass is 10.0. The SMILES string of the molecule is CC(CC(=N)C(=O)OC(C)(C)C)N(C(=O)c1ccccc1Cl)C1CCCC1. The van der Waals surface area contributed by atoms with Crippen LogP contribution in [0.5, 0.6) is 0 Å². The van der Waals surface area contributed by atoms with Crippen LogP contribution in [0, 0.1) is 5.41 Å². The van der Waals surface area contributed by atoms with Gasteiger partial charge in [0.1, 0.15) is 11.3 Å². The fraction of sp³-hybridized carbons (Fsp3) is 0.571. The largest absolute Gasteiger partial charge is 0.456 e. The molecule has 1 amide bonds. The molecule has 0 bridgehead atoms. The number of carbonyl (C=O) groups is 2. The average Bonchev–Trinajstić information content (AvgIpc) is 3.07. The molecule has 148 valence electrons. The van der Waals surface area contributed by atoms with E-state index in [2.05, 4.69) is 0 Å². The highest BCUT2D eigenvalue weighted by Gasteiger charge is 2.33. The Balaban J connectivity index is 2.18. The van der Waals surface area contributed by atoms with Crippen LogP contribution in [0.3, 0.4) is 0 Å². The van der Waals surface area contributed by atoms with Gasteiger partial charge < -0.3 is 9.64 Å². The zero-order valence-corrected chi connectivity index (χ0v) is 17.3. The predicted octanol–water partition coefficient (Wildman–Crippen LogP) is 4.86. The number of hydrogen-bond donors (Lipinski definition) is 1. The number of amides is 1. The van der Waals surface area contributed by atoms with Crippen LogP contribution < -0.4 is 0 Å². The maximum Gasteiger partial charge on any atom is 0.352 e. The second-order valence-corrected chi connectivity index (χ2v) is 8.57. The van der Waals surface area contributed by atoms with E-state index in [4.69, 9.17) is 21.7 Å². The first kappa shape index (κ1) is 21.4. The second kappa shape index (κ2) is 8.87. The Labute approximate surface area is 166 Å². The Morgan fingerprint density at radius 3 is 2.41 bits per heavy atom. The minimum absolute atomic E-state index is 0.107. The van der Waals surface area contributed by atoms with Crippen LogP contribution in [0.2, 0.25) is 5.02 Å². The van der Waals surface area contributed by atoms with E-state index in [1.807, 2.05) is 11.8 Å². The van der Waals surface area contributed by atoms with Gasteiger partial charge in [-0.05, 0) is 52.7 Å². The molecule has 1 aromatic rings. The van der Waals surface area contributed by atoms with E-state index in [0.29, 0.717) is 10.6 Å². The molecule has 0 heterocycles. The third-order valence-corrected chi connectivity index (χ3v) is 5.01. The van der Waals surface area contributed by atoms with Gasteiger partial charge in [0.2, 0.25) is 0 Å². The Morgan fingerprint density at radius 2 is 1.85 bits per heavy atom. The molecular weight excluding hydrogens is 364 g/mol. The molecule has 0 saturated heterocycles. The van der Waals surface area contributed by atoms with E-state index < -0.39 is 11.6 Å². The number of nitrogens with one attached hydrogen (secondary N) is 1. The molecular formula is C21H29ClN2O3.